The number of oxime groups is 1. The summed E-state index contributed by atoms with van der Waals surface area (Å²) >= 11 is 3.38. The highest BCUT2D eigenvalue weighted by atomic mass is 79.9. The normalized spacial score (nSPS) is 12.2. The summed E-state index contributed by atoms with van der Waals surface area (Å²) in [6, 6.07) is 11.8. The van der Waals surface area contributed by atoms with Gasteiger partial charge in [-0.3, -0.25) is 18.9 Å². The van der Waals surface area contributed by atoms with Crippen molar-refractivity contribution >= 4 is 54.3 Å². The van der Waals surface area contributed by atoms with Crippen LogP contribution in [0.5, 0.6) is 0 Å². The number of hydrogen-bond acceptors (Lipinski definition) is 6. The van der Waals surface area contributed by atoms with Gasteiger partial charge in [0.15, 0.2) is 0 Å². The number of carbonyl (C=O) groups excluding carboxylic acids is 1. The molecule has 1 atom stereocenters. The first-order valence-corrected chi connectivity index (χ1v) is 12.2. The molecule has 2 aromatic carbocycles. The van der Waals surface area contributed by atoms with Gasteiger partial charge in [-0.1, -0.05) is 28.1 Å². The second-order valence-electron chi connectivity index (χ2n) is 7.38. The molecule has 1 heterocycles. The fourth-order valence-electron chi connectivity index (χ4n) is 3.36. The summed E-state index contributed by atoms with van der Waals surface area (Å²) in [6.07, 6.45) is -0.0245. The molecule has 11 nitrogen and oxygen atoms in total. The van der Waals surface area contributed by atoms with Crippen LogP contribution in [-0.4, -0.2) is 31.5 Å². The monoisotopic (exact) mass is 550 g/mol. The molecule has 1 amide bonds. The number of aryl methyl sites for hydroxylation is 1. The van der Waals surface area contributed by atoms with Crippen LogP contribution in [0.2, 0.25) is 0 Å². The number of sulfonamides is 1. The lowest BCUT2D eigenvalue weighted by molar-refractivity contribution is -0.121. The van der Waals surface area contributed by atoms with Gasteiger partial charge in [0.25, 0.3) is 15.6 Å². The maximum Gasteiger partial charge on any atom is 0.275 e. The number of nitrogens with one attached hydrogen (secondary N) is 1. The average molecular weight is 551 g/mol. The number of fused-ring (bicyclic) bond motifs is 1. The summed E-state index contributed by atoms with van der Waals surface area (Å²) in [5, 5.41) is 4.91. The Morgan fingerprint density at radius 3 is 2.47 bits per heavy atom. The Labute approximate surface area is 203 Å². The van der Waals surface area contributed by atoms with Crippen molar-refractivity contribution in [3.63, 3.8) is 0 Å². The van der Waals surface area contributed by atoms with Gasteiger partial charge >= 0.3 is 0 Å². The number of halogens is 1. The highest BCUT2D eigenvalue weighted by Crippen LogP contribution is 2.24. The summed E-state index contributed by atoms with van der Waals surface area (Å²) < 4.78 is 30.3. The summed E-state index contributed by atoms with van der Waals surface area (Å²) in [6.45, 7) is 1.48. The second-order valence-corrected chi connectivity index (χ2v) is 9.98. The minimum Gasteiger partial charge on any atom is -0.393 e. The van der Waals surface area contributed by atoms with Gasteiger partial charge in [0, 0.05) is 16.6 Å². The lowest BCUT2D eigenvalue weighted by Crippen LogP contribution is -2.37. The van der Waals surface area contributed by atoms with Crippen LogP contribution in [0, 0.1) is 6.92 Å². The Balaban J connectivity index is 1.94. The predicted octanol–water partition coefficient (Wildman–Crippen LogP) is 1.49. The van der Waals surface area contributed by atoms with Crippen molar-refractivity contribution in [1.82, 2.24) is 4.57 Å². The van der Waals surface area contributed by atoms with Gasteiger partial charge < -0.3 is 22.0 Å². The van der Waals surface area contributed by atoms with Crippen molar-refractivity contribution in [2.45, 2.75) is 24.3 Å². The Morgan fingerprint density at radius 1 is 1.12 bits per heavy atom. The van der Waals surface area contributed by atoms with E-state index < -0.39 is 27.5 Å². The third kappa shape index (κ3) is 5.66. The molecular formula is C21H23BrN6O5S. The Kier molecular flexibility index (Phi) is 7.47. The standard InChI is InChI=1S/C21H23BrN6O5S/c1-12-2-7-17(20(30)28(12)18(19(23)29)8-9-33-26-21(24)25)27-34(31,32)16-6-4-13-10-15(22)5-3-14(13)11-16/h2-7,10-11,18,27H,8-9H2,1H3,(H2,23,29)(H4,24,25,26). The molecular weight excluding hydrogens is 528 g/mol. The number of primary amides is 1. The molecule has 1 unspecified atom stereocenters. The molecule has 0 aliphatic carbocycles. The predicted molar refractivity (Wildman–Crippen MR) is 133 cm³/mol. The first-order chi connectivity index (χ1) is 16.0. The number of amides is 1. The van der Waals surface area contributed by atoms with Crippen molar-refractivity contribution < 1.29 is 18.0 Å². The number of aromatic nitrogens is 1. The molecule has 1 aromatic heterocycles. The lowest BCUT2D eigenvalue weighted by Gasteiger charge is -2.20. The second kappa shape index (κ2) is 10.1. The molecule has 0 bridgehead atoms. The first-order valence-electron chi connectivity index (χ1n) is 9.94. The van der Waals surface area contributed by atoms with Gasteiger partial charge in [0.05, 0.1) is 4.90 Å². The number of guanidine groups is 1. The third-order valence-corrected chi connectivity index (χ3v) is 6.80. The van der Waals surface area contributed by atoms with Crippen molar-refractivity contribution in [1.29, 1.82) is 0 Å². The van der Waals surface area contributed by atoms with E-state index in [4.69, 9.17) is 22.0 Å². The maximum atomic E-state index is 13.2. The number of anilines is 1. The van der Waals surface area contributed by atoms with E-state index >= 15 is 0 Å². The van der Waals surface area contributed by atoms with E-state index in [-0.39, 0.29) is 29.6 Å². The smallest absolute Gasteiger partial charge is 0.275 e. The summed E-state index contributed by atoms with van der Waals surface area (Å²) in [4.78, 5) is 30.1. The number of nitrogens with two attached hydrogens (primary N) is 3. The van der Waals surface area contributed by atoms with Crippen LogP contribution < -0.4 is 27.5 Å². The number of benzene rings is 2. The molecule has 0 fully saturated rings. The number of hydrogen-bond donors (Lipinski definition) is 4. The molecule has 0 saturated carbocycles. The SMILES string of the molecule is Cc1ccc(NS(=O)(=O)c2ccc3cc(Br)ccc3c2)c(=O)n1C(CCON=C(N)N)C(N)=O. The fraction of sp³-hybridized carbons (Fsp3) is 0.190. The fourth-order valence-corrected chi connectivity index (χ4v) is 4.83. The van der Waals surface area contributed by atoms with Gasteiger partial charge in [0.2, 0.25) is 11.9 Å². The zero-order chi connectivity index (χ0) is 25.0. The molecule has 3 aromatic rings. The molecule has 0 saturated heterocycles. The molecule has 180 valence electrons. The van der Waals surface area contributed by atoms with Crippen molar-refractivity contribution in [2.75, 3.05) is 11.3 Å². The quantitative estimate of drug-likeness (QED) is 0.134. The third-order valence-electron chi connectivity index (χ3n) is 4.94. The Hall–Kier alpha value is -3.58. The van der Waals surface area contributed by atoms with E-state index in [1.54, 1.807) is 25.1 Å². The Morgan fingerprint density at radius 2 is 1.79 bits per heavy atom. The van der Waals surface area contributed by atoms with Crippen LogP contribution in [0.15, 0.2) is 67.8 Å². The van der Waals surface area contributed by atoms with E-state index in [1.165, 1.54) is 24.3 Å². The van der Waals surface area contributed by atoms with Crippen molar-refractivity contribution in [2.24, 2.45) is 22.4 Å². The molecule has 7 N–H and O–H groups in total. The number of nitrogens with zero attached hydrogens (tertiary/aromatic N) is 2. The van der Waals surface area contributed by atoms with E-state index in [9.17, 15) is 18.0 Å². The van der Waals surface area contributed by atoms with Gasteiger partial charge in [0.1, 0.15) is 18.3 Å². The molecule has 0 aliphatic rings. The zero-order valence-corrected chi connectivity index (χ0v) is 20.5. The minimum atomic E-state index is -4.10. The molecule has 3 rings (SSSR count). The highest BCUT2D eigenvalue weighted by molar-refractivity contribution is 9.10. The molecule has 34 heavy (non-hydrogen) atoms. The largest absolute Gasteiger partial charge is 0.393 e. The van der Waals surface area contributed by atoms with Crippen LogP contribution in [0.25, 0.3) is 10.8 Å². The first kappa shape index (κ1) is 25.1. The van der Waals surface area contributed by atoms with Crippen molar-refractivity contribution in [3.05, 3.63) is 69.1 Å². The van der Waals surface area contributed by atoms with Crippen LogP contribution in [0.4, 0.5) is 5.69 Å². The topological polar surface area (TPSA) is 185 Å². The zero-order valence-electron chi connectivity index (χ0n) is 18.1. The van der Waals surface area contributed by atoms with Crippen LogP contribution in [0.3, 0.4) is 0 Å². The number of rotatable bonds is 9. The summed E-state index contributed by atoms with van der Waals surface area (Å²) in [7, 11) is -4.10. The van der Waals surface area contributed by atoms with Crippen LogP contribution in [-0.2, 0) is 19.7 Å². The molecule has 0 aliphatic heterocycles. The Bertz CT molecular complexity index is 1430. The van der Waals surface area contributed by atoms with Gasteiger partial charge in [-0.25, -0.2) is 8.42 Å². The van der Waals surface area contributed by atoms with Crippen LogP contribution >= 0.6 is 15.9 Å². The van der Waals surface area contributed by atoms with E-state index in [0.29, 0.717) is 11.1 Å². The molecule has 13 heteroatoms. The number of pyridine rings is 1. The van der Waals surface area contributed by atoms with Crippen LogP contribution in [0.1, 0.15) is 18.2 Å². The van der Waals surface area contributed by atoms with Crippen molar-refractivity contribution in [3.8, 4) is 0 Å². The average Bonchev–Trinajstić information content (AvgIpc) is 2.76. The van der Waals surface area contributed by atoms with E-state index in [2.05, 4.69) is 25.8 Å². The van der Waals surface area contributed by atoms with E-state index in [1.807, 2.05) is 6.07 Å². The highest BCUT2D eigenvalue weighted by Gasteiger charge is 2.24. The van der Waals surface area contributed by atoms with Gasteiger partial charge in [-0.05, 0) is 59.3 Å². The summed E-state index contributed by atoms with van der Waals surface area (Å²) in [5.74, 6) is -1.11. The van der Waals surface area contributed by atoms with Gasteiger partial charge in [-0.15, -0.1) is 0 Å². The molecule has 0 radical (unpaired) electrons. The molecule has 0 spiro atoms. The maximum absolute atomic E-state index is 13.2. The van der Waals surface area contributed by atoms with E-state index in [0.717, 1.165) is 14.4 Å². The summed E-state index contributed by atoms with van der Waals surface area (Å²) in [5.41, 5.74) is 15.3. The lowest BCUT2D eigenvalue weighted by atomic mass is 10.1. The van der Waals surface area contributed by atoms with Gasteiger partial charge in [-0.2, -0.15) is 0 Å². The number of carbonyl (C=O) groups is 1. The minimum absolute atomic E-state index is 0.0223.